The summed E-state index contributed by atoms with van der Waals surface area (Å²) in [6.07, 6.45) is 5.27. The van der Waals surface area contributed by atoms with Crippen molar-refractivity contribution in [2.75, 3.05) is 6.61 Å². The minimum absolute atomic E-state index is 0.131. The van der Waals surface area contributed by atoms with Crippen molar-refractivity contribution < 1.29 is 14.3 Å². The van der Waals surface area contributed by atoms with Crippen LogP contribution in [0.1, 0.15) is 54.5 Å². The van der Waals surface area contributed by atoms with Crippen LogP contribution in [-0.2, 0) is 16.1 Å². The number of aromatic nitrogens is 1. The lowest BCUT2D eigenvalue weighted by Crippen LogP contribution is -2.43. The summed E-state index contributed by atoms with van der Waals surface area (Å²) < 4.78 is 4.93. The van der Waals surface area contributed by atoms with Crippen molar-refractivity contribution in [3.63, 3.8) is 0 Å². The van der Waals surface area contributed by atoms with E-state index in [4.69, 9.17) is 27.9 Å². The first-order valence-electron chi connectivity index (χ1n) is 7.73. The fourth-order valence-corrected chi connectivity index (χ4v) is 3.75. The predicted molar refractivity (Wildman–Crippen MR) is 91.0 cm³/mol. The quantitative estimate of drug-likeness (QED) is 0.558. The van der Waals surface area contributed by atoms with Gasteiger partial charge in [0.1, 0.15) is 5.01 Å². The van der Waals surface area contributed by atoms with Crippen LogP contribution in [-0.4, -0.2) is 39.2 Å². The normalized spacial score (nSPS) is 15.7. The van der Waals surface area contributed by atoms with Crippen molar-refractivity contribution in [2.45, 2.75) is 56.5 Å². The molecule has 1 aromatic heterocycles. The Labute approximate surface area is 149 Å². The zero-order chi connectivity index (χ0) is 16.8. The number of rotatable bonds is 6. The Morgan fingerprint density at radius 3 is 2.70 bits per heavy atom. The third-order valence-electron chi connectivity index (χ3n) is 3.83. The van der Waals surface area contributed by atoms with Crippen molar-refractivity contribution in [1.82, 2.24) is 9.88 Å². The van der Waals surface area contributed by atoms with Gasteiger partial charge >= 0.3 is 5.97 Å². The van der Waals surface area contributed by atoms with E-state index in [9.17, 15) is 9.59 Å². The van der Waals surface area contributed by atoms with Crippen LogP contribution in [0, 0.1) is 0 Å². The SMILES string of the molecule is CCOC(=O)c1csc(CN(C(=O)C(Cl)Cl)C2CCCCC2)n1. The summed E-state index contributed by atoms with van der Waals surface area (Å²) in [6, 6.07) is 0.131. The lowest BCUT2D eigenvalue weighted by Gasteiger charge is -2.34. The highest BCUT2D eigenvalue weighted by Crippen LogP contribution is 2.26. The molecule has 1 aliphatic carbocycles. The summed E-state index contributed by atoms with van der Waals surface area (Å²) in [7, 11) is 0. The molecule has 1 amide bonds. The molecule has 1 heterocycles. The molecule has 2 rings (SSSR count). The Balaban J connectivity index is 2.10. The topological polar surface area (TPSA) is 59.5 Å². The van der Waals surface area contributed by atoms with Gasteiger partial charge < -0.3 is 9.64 Å². The largest absolute Gasteiger partial charge is 0.461 e. The second-order valence-corrected chi connectivity index (χ2v) is 7.44. The van der Waals surface area contributed by atoms with Crippen LogP contribution in [0.25, 0.3) is 0 Å². The van der Waals surface area contributed by atoms with Crippen molar-refractivity contribution in [1.29, 1.82) is 0 Å². The Bertz CT molecular complexity index is 545. The molecule has 23 heavy (non-hydrogen) atoms. The van der Waals surface area contributed by atoms with Crippen LogP contribution in [0.5, 0.6) is 0 Å². The van der Waals surface area contributed by atoms with Gasteiger partial charge in [-0.1, -0.05) is 42.5 Å². The molecule has 0 spiro atoms. The van der Waals surface area contributed by atoms with E-state index in [0.29, 0.717) is 18.2 Å². The number of carbonyl (C=O) groups is 2. The highest BCUT2D eigenvalue weighted by Gasteiger charge is 2.29. The Kier molecular flexibility index (Phi) is 7.11. The van der Waals surface area contributed by atoms with Gasteiger partial charge in [-0.15, -0.1) is 11.3 Å². The van der Waals surface area contributed by atoms with E-state index in [2.05, 4.69) is 4.98 Å². The van der Waals surface area contributed by atoms with Crippen molar-refractivity contribution in [3.05, 3.63) is 16.1 Å². The third kappa shape index (κ3) is 5.06. The van der Waals surface area contributed by atoms with Crippen LogP contribution in [0.15, 0.2) is 5.38 Å². The van der Waals surface area contributed by atoms with Gasteiger partial charge in [-0.25, -0.2) is 9.78 Å². The number of nitrogens with zero attached hydrogens (tertiary/aromatic N) is 2. The zero-order valence-corrected chi connectivity index (χ0v) is 15.3. The van der Waals surface area contributed by atoms with E-state index >= 15 is 0 Å². The predicted octanol–water partition coefficient (Wildman–Crippen LogP) is 3.78. The molecule has 5 nitrogen and oxygen atoms in total. The number of amides is 1. The number of halogens is 2. The number of esters is 1. The Hall–Kier alpha value is -0.850. The standard InChI is InChI=1S/C15H20Cl2N2O3S/c1-2-22-15(21)11-9-23-12(18-11)8-19(14(20)13(16)17)10-6-4-3-5-7-10/h9-10,13H,2-8H2,1H3. The fraction of sp³-hybridized carbons (Fsp3) is 0.667. The van der Waals surface area contributed by atoms with E-state index in [1.807, 2.05) is 0 Å². The maximum atomic E-state index is 12.3. The molecule has 1 saturated carbocycles. The maximum absolute atomic E-state index is 12.3. The molecule has 0 aromatic carbocycles. The van der Waals surface area contributed by atoms with Gasteiger partial charge in [0.2, 0.25) is 0 Å². The van der Waals surface area contributed by atoms with Crippen LogP contribution >= 0.6 is 34.5 Å². The number of thiazole rings is 1. The zero-order valence-electron chi connectivity index (χ0n) is 13.0. The number of hydrogen-bond acceptors (Lipinski definition) is 5. The summed E-state index contributed by atoms with van der Waals surface area (Å²) in [6.45, 7) is 2.37. The Morgan fingerprint density at radius 2 is 2.09 bits per heavy atom. The molecule has 8 heteroatoms. The van der Waals surface area contributed by atoms with E-state index in [0.717, 1.165) is 25.7 Å². The molecule has 0 radical (unpaired) electrons. The molecule has 128 valence electrons. The van der Waals surface area contributed by atoms with Gasteiger partial charge in [0.25, 0.3) is 5.91 Å². The van der Waals surface area contributed by atoms with Crippen LogP contribution in [0.2, 0.25) is 0 Å². The number of alkyl halides is 2. The maximum Gasteiger partial charge on any atom is 0.357 e. The fourth-order valence-electron chi connectivity index (χ4n) is 2.73. The minimum Gasteiger partial charge on any atom is -0.461 e. The molecule has 0 atom stereocenters. The van der Waals surface area contributed by atoms with Gasteiger partial charge in [0, 0.05) is 11.4 Å². The number of hydrogen-bond donors (Lipinski definition) is 0. The first-order valence-corrected chi connectivity index (χ1v) is 9.48. The van der Waals surface area contributed by atoms with Crippen molar-refractivity contribution in [2.24, 2.45) is 0 Å². The molecule has 0 saturated heterocycles. The first-order chi connectivity index (χ1) is 11.0. The van der Waals surface area contributed by atoms with Gasteiger partial charge in [-0.2, -0.15) is 0 Å². The van der Waals surface area contributed by atoms with Crippen LogP contribution in [0.4, 0.5) is 0 Å². The van der Waals surface area contributed by atoms with E-state index in [1.165, 1.54) is 17.8 Å². The summed E-state index contributed by atoms with van der Waals surface area (Å²) >= 11 is 12.9. The van der Waals surface area contributed by atoms with Gasteiger partial charge in [-0.05, 0) is 19.8 Å². The van der Waals surface area contributed by atoms with Crippen LogP contribution in [0.3, 0.4) is 0 Å². The summed E-state index contributed by atoms with van der Waals surface area (Å²) in [4.78, 5) is 28.9. The summed E-state index contributed by atoms with van der Waals surface area (Å²) in [5.74, 6) is -0.744. The molecule has 1 aromatic rings. The highest BCUT2D eigenvalue weighted by atomic mass is 35.5. The molecular weight excluding hydrogens is 359 g/mol. The first kappa shape index (κ1) is 18.5. The minimum atomic E-state index is -1.08. The van der Waals surface area contributed by atoms with Gasteiger partial charge in [0.05, 0.1) is 13.2 Å². The van der Waals surface area contributed by atoms with Crippen molar-refractivity contribution >= 4 is 46.4 Å². The number of ether oxygens (including phenoxy) is 1. The molecule has 0 bridgehead atoms. The molecule has 1 aliphatic rings. The average molecular weight is 379 g/mol. The second kappa shape index (κ2) is 8.85. The average Bonchev–Trinajstić information content (AvgIpc) is 3.02. The Morgan fingerprint density at radius 1 is 1.39 bits per heavy atom. The lowest BCUT2D eigenvalue weighted by molar-refractivity contribution is -0.133. The van der Waals surface area contributed by atoms with Crippen LogP contribution < -0.4 is 0 Å². The summed E-state index contributed by atoms with van der Waals surface area (Å²) in [5.41, 5.74) is 0.274. The third-order valence-corrected chi connectivity index (χ3v) is 5.03. The van der Waals surface area contributed by atoms with E-state index < -0.39 is 10.8 Å². The van der Waals surface area contributed by atoms with E-state index in [1.54, 1.807) is 17.2 Å². The monoisotopic (exact) mass is 378 g/mol. The van der Waals surface area contributed by atoms with Gasteiger partial charge in [-0.3, -0.25) is 4.79 Å². The molecule has 0 unspecified atom stereocenters. The molecular formula is C15H20Cl2N2O3S. The molecule has 0 N–H and O–H groups in total. The summed E-state index contributed by atoms with van der Waals surface area (Å²) in [5, 5.41) is 2.33. The molecule has 1 fully saturated rings. The van der Waals surface area contributed by atoms with Gasteiger partial charge in [0.15, 0.2) is 10.5 Å². The molecule has 0 aliphatic heterocycles. The van der Waals surface area contributed by atoms with Crippen molar-refractivity contribution in [3.8, 4) is 0 Å². The number of carbonyl (C=O) groups excluding carboxylic acids is 2. The smallest absolute Gasteiger partial charge is 0.357 e. The lowest BCUT2D eigenvalue weighted by atomic mass is 9.94. The van der Waals surface area contributed by atoms with E-state index in [-0.39, 0.29) is 17.6 Å². The highest BCUT2D eigenvalue weighted by molar-refractivity contribution is 7.09. The second-order valence-electron chi connectivity index (χ2n) is 5.41.